The average Bonchev–Trinajstić information content (AvgIpc) is 2.60. The average molecular weight is 329 g/mol. The standard InChI is InChI=1S/C19H23NO4/c1-12(21)15-10-16(19(24-3)18(11-15)23-2)13-5-4-6-14(9-13)17(22)7-8-20/h4-6,9-11,17,22H,7-8,20H2,1-3H3. The van der Waals surface area contributed by atoms with Gasteiger partial charge in [0.15, 0.2) is 17.3 Å². The molecule has 0 amide bonds. The van der Waals surface area contributed by atoms with Crippen LogP contribution in [0, 0.1) is 0 Å². The van der Waals surface area contributed by atoms with Crippen LogP contribution in [-0.2, 0) is 0 Å². The largest absolute Gasteiger partial charge is 0.493 e. The summed E-state index contributed by atoms with van der Waals surface area (Å²) in [5.41, 5.74) is 8.40. The second-order valence-electron chi connectivity index (χ2n) is 5.53. The van der Waals surface area contributed by atoms with Gasteiger partial charge in [0.1, 0.15) is 0 Å². The smallest absolute Gasteiger partial charge is 0.168 e. The zero-order valence-electron chi connectivity index (χ0n) is 14.2. The summed E-state index contributed by atoms with van der Waals surface area (Å²) >= 11 is 0. The van der Waals surface area contributed by atoms with Crippen LogP contribution in [0.5, 0.6) is 11.5 Å². The van der Waals surface area contributed by atoms with Crippen molar-refractivity contribution in [1.29, 1.82) is 0 Å². The van der Waals surface area contributed by atoms with Crippen molar-refractivity contribution in [3.05, 3.63) is 47.5 Å². The van der Waals surface area contributed by atoms with Gasteiger partial charge in [-0.3, -0.25) is 4.79 Å². The molecule has 24 heavy (non-hydrogen) atoms. The summed E-state index contributed by atoms with van der Waals surface area (Å²) < 4.78 is 10.8. The molecule has 1 unspecified atom stereocenters. The van der Waals surface area contributed by atoms with Crippen LogP contribution in [0.2, 0.25) is 0 Å². The van der Waals surface area contributed by atoms with Crippen LogP contribution in [0.1, 0.15) is 35.4 Å². The van der Waals surface area contributed by atoms with Gasteiger partial charge in [-0.2, -0.15) is 0 Å². The van der Waals surface area contributed by atoms with Crippen LogP contribution in [0.15, 0.2) is 36.4 Å². The van der Waals surface area contributed by atoms with Crippen LogP contribution in [-0.4, -0.2) is 31.7 Å². The fraction of sp³-hybridized carbons (Fsp3) is 0.316. The minimum absolute atomic E-state index is 0.0588. The highest BCUT2D eigenvalue weighted by atomic mass is 16.5. The molecule has 2 aromatic rings. The summed E-state index contributed by atoms with van der Waals surface area (Å²) in [6, 6.07) is 10.9. The molecule has 5 nitrogen and oxygen atoms in total. The zero-order chi connectivity index (χ0) is 17.7. The van der Waals surface area contributed by atoms with E-state index in [1.807, 2.05) is 24.3 Å². The lowest BCUT2D eigenvalue weighted by Crippen LogP contribution is -2.06. The van der Waals surface area contributed by atoms with Crippen molar-refractivity contribution >= 4 is 5.78 Å². The predicted octanol–water partition coefficient (Wildman–Crippen LogP) is 2.96. The number of carbonyl (C=O) groups is 1. The number of methoxy groups -OCH3 is 2. The Balaban J connectivity index is 2.60. The Kier molecular flexibility index (Phi) is 5.95. The van der Waals surface area contributed by atoms with Gasteiger partial charge in [-0.05, 0) is 49.2 Å². The molecule has 0 heterocycles. The van der Waals surface area contributed by atoms with Crippen molar-refractivity contribution in [2.75, 3.05) is 20.8 Å². The lowest BCUT2D eigenvalue weighted by atomic mass is 9.96. The van der Waals surface area contributed by atoms with Crippen molar-refractivity contribution in [3.8, 4) is 22.6 Å². The van der Waals surface area contributed by atoms with Gasteiger partial charge in [-0.15, -0.1) is 0 Å². The second-order valence-corrected chi connectivity index (χ2v) is 5.53. The molecule has 0 saturated carbocycles. The Labute approximate surface area is 142 Å². The van der Waals surface area contributed by atoms with Gasteiger partial charge in [0.25, 0.3) is 0 Å². The van der Waals surface area contributed by atoms with E-state index in [1.165, 1.54) is 14.0 Å². The number of ether oxygens (including phenoxy) is 2. The van der Waals surface area contributed by atoms with Gasteiger partial charge < -0.3 is 20.3 Å². The molecule has 0 saturated heterocycles. The quantitative estimate of drug-likeness (QED) is 0.763. The van der Waals surface area contributed by atoms with Crippen LogP contribution >= 0.6 is 0 Å². The van der Waals surface area contributed by atoms with Gasteiger partial charge >= 0.3 is 0 Å². The molecule has 0 aliphatic heterocycles. The van der Waals surface area contributed by atoms with E-state index in [0.717, 1.165) is 16.7 Å². The van der Waals surface area contributed by atoms with Crippen molar-refractivity contribution in [2.45, 2.75) is 19.4 Å². The van der Waals surface area contributed by atoms with Crippen molar-refractivity contribution in [2.24, 2.45) is 5.73 Å². The van der Waals surface area contributed by atoms with E-state index in [4.69, 9.17) is 15.2 Å². The number of rotatable bonds is 7. The van der Waals surface area contributed by atoms with Crippen molar-refractivity contribution < 1.29 is 19.4 Å². The summed E-state index contributed by atoms with van der Waals surface area (Å²) in [6.07, 6.45) is -0.143. The maximum atomic E-state index is 11.8. The Morgan fingerprint density at radius 2 is 1.96 bits per heavy atom. The maximum Gasteiger partial charge on any atom is 0.168 e. The van der Waals surface area contributed by atoms with Crippen LogP contribution < -0.4 is 15.2 Å². The summed E-state index contributed by atoms with van der Waals surface area (Å²) in [5.74, 6) is 0.984. The second kappa shape index (κ2) is 7.95. The van der Waals surface area contributed by atoms with Gasteiger partial charge in [0.2, 0.25) is 0 Å². The first-order valence-corrected chi connectivity index (χ1v) is 7.77. The van der Waals surface area contributed by atoms with E-state index in [2.05, 4.69) is 0 Å². The number of Topliss-reactive ketones (excluding diaryl/α,β-unsaturated/α-hetero) is 1. The normalized spacial score (nSPS) is 11.9. The van der Waals surface area contributed by atoms with Crippen LogP contribution in [0.3, 0.4) is 0 Å². The van der Waals surface area contributed by atoms with Crippen LogP contribution in [0.4, 0.5) is 0 Å². The molecular formula is C19H23NO4. The first kappa shape index (κ1) is 18.0. The summed E-state index contributed by atoms with van der Waals surface area (Å²) in [4.78, 5) is 11.8. The maximum absolute atomic E-state index is 11.8. The molecule has 0 aliphatic rings. The number of benzene rings is 2. The van der Waals surface area contributed by atoms with Gasteiger partial charge in [0, 0.05) is 11.1 Å². The number of hydrogen-bond donors (Lipinski definition) is 2. The highest BCUT2D eigenvalue weighted by Gasteiger charge is 2.17. The summed E-state index contributed by atoms with van der Waals surface area (Å²) in [6.45, 7) is 1.91. The molecule has 0 aliphatic carbocycles. The molecule has 5 heteroatoms. The molecule has 0 aromatic heterocycles. The molecule has 3 N–H and O–H groups in total. The fourth-order valence-corrected chi connectivity index (χ4v) is 2.62. The fourth-order valence-electron chi connectivity index (χ4n) is 2.62. The lowest BCUT2D eigenvalue weighted by molar-refractivity contribution is 0.101. The summed E-state index contributed by atoms with van der Waals surface area (Å²) in [5, 5.41) is 10.2. The molecule has 1 atom stereocenters. The van der Waals surface area contributed by atoms with E-state index < -0.39 is 6.10 Å². The third-order valence-corrected chi connectivity index (χ3v) is 3.91. The third kappa shape index (κ3) is 3.75. The monoisotopic (exact) mass is 329 g/mol. The highest BCUT2D eigenvalue weighted by molar-refractivity contribution is 5.97. The number of aliphatic hydroxyl groups excluding tert-OH is 1. The van der Waals surface area contributed by atoms with E-state index in [-0.39, 0.29) is 5.78 Å². The van der Waals surface area contributed by atoms with E-state index in [9.17, 15) is 9.90 Å². The van der Waals surface area contributed by atoms with Crippen molar-refractivity contribution in [3.63, 3.8) is 0 Å². The van der Waals surface area contributed by atoms with Gasteiger partial charge in [-0.1, -0.05) is 18.2 Å². The lowest BCUT2D eigenvalue weighted by Gasteiger charge is -2.16. The number of carbonyl (C=O) groups excluding carboxylic acids is 1. The molecule has 0 bridgehead atoms. The van der Waals surface area contributed by atoms with Crippen LogP contribution in [0.25, 0.3) is 11.1 Å². The molecule has 128 valence electrons. The Hall–Kier alpha value is -2.37. The first-order chi connectivity index (χ1) is 11.5. The van der Waals surface area contributed by atoms with E-state index >= 15 is 0 Å². The Bertz CT molecular complexity index is 727. The summed E-state index contributed by atoms with van der Waals surface area (Å²) in [7, 11) is 3.09. The minimum Gasteiger partial charge on any atom is -0.493 e. The van der Waals surface area contributed by atoms with Gasteiger partial charge in [0.05, 0.1) is 20.3 Å². The van der Waals surface area contributed by atoms with Crippen molar-refractivity contribution in [1.82, 2.24) is 0 Å². The molecule has 0 spiro atoms. The zero-order valence-corrected chi connectivity index (χ0v) is 14.2. The third-order valence-electron chi connectivity index (χ3n) is 3.91. The van der Waals surface area contributed by atoms with E-state index in [1.54, 1.807) is 19.2 Å². The van der Waals surface area contributed by atoms with E-state index in [0.29, 0.717) is 30.0 Å². The highest BCUT2D eigenvalue weighted by Crippen LogP contribution is 2.40. The Morgan fingerprint density at radius 3 is 2.54 bits per heavy atom. The number of nitrogens with two attached hydrogens (primary N) is 1. The van der Waals surface area contributed by atoms with Gasteiger partial charge in [-0.25, -0.2) is 0 Å². The minimum atomic E-state index is -0.626. The molecular weight excluding hydrogens is 306 g/mol. The molecule has 0 radical (unpaired) electrons. The number of hydrogen-bond acceptors (Lipinski definition) is 5. The Morgan fingerprint density at radius 1 is 1.21 bits per heavy atom. The topological polar surface area (TPSA) is 81.8 Å². The molecule has 2 aromatic carbocycles. The number of ketones is 1. The molecule has 0 fully saturated rings. The predicted molar refractivity (Wildman–Crippen MR) is 93.6 cm³/mol. The SMILES string of the molecule is COc1cc(C(C)=O)cc(-c2cccc(C(O)CCN)c2)c1OC. The molecule has 2 rings (SSSR count). The first-order valence-electron chi connectivity index (χ1n) is 7.77. The number of aliphatic hydroxyl groups is 1.